The highest BCUT2D eigenvalue weighted by Gasteiger charge is 2.15. The average Bonchev–Trinajstić information content (AvgIpc) is 2.66. The SMILES string of the molecule is C=CCC(NC(C)c1ccc(CCCF)nc1)c1ccc(C=C)c(C)c1. The Labute approximate surface area is 156 Å². The van der Waals surface area contributed by atoms with Gasteiger partial charge < -0.3 is 5.32 Å². The van der Waals surface area contributed by atoms with Gasteiger partial charge in [0.2, 0.25) is 0 Å². The van der Waals surface area contributed by atoms with Crippen LogP contribution in [0.5, 0.6) is 0 Å². The van der Waals surface area contributed by atoms with Gasteiger partial charge in [-0.2, -0.15) is 0 Å². The molecule has 138 valence electrons. The van der Waals surface area contributed by atoms with Crippen LogP contribution in [0, 0.1) is 6.92 Å². The van der Waals surface area contributed by atoms with Crippen LogP contribution in [0.25, 0.3) is 6.08 Å². The number of nitrogens with zero attached hydrogens (tertiary/aromatic N) is 1. The Morgan fingerprint density at radius 1 is 1.19 bits per heavy atom. The Morgan fingerprint density at radius 2 is 1.96 bits per heavy atom. The molecule has 3 heteroatoms. The number of benzene rings is 1. The van der Waals surface area contributed by atoms with Gasteiger partial charge in [0.15, 0.2) is 0 Å². The number of rotatable bonds is 10. The van der Waals surface area contributed by atoms with Gasteiger partial charge in [0.05, 0.1) is 6.67 Å². The van der Waals surface area contributed by atoms with Crippen LogP contribution in [0.4, 0.5) is 4.39 Å². The van der Waals surface area contributed by atoms with E-state index in [9.17, 15) is 4.39 Å². The lowest BCUT2D eigenvalue weighted by Crippen LogP contribution is -2.24. The first-order chi connectivity index (χ1) is 12.6. The molecule has 26 heavy (non-hydrogen) atoms. The van der Waals surface area contributed by atoms with Crippen molar-refractivity contribution in [3.63, 3.8) is 0 Å². The van der Waals surface area contributed by atoms with Crippen molar-refractivity contribution >= 4 is 6.08 Å². The smallest absolute Gasteiger partial charge is 0.0898 e. The molecule has 0 aliphatic carbocycles. The summed E-state index contributed by atoms with van der Waals surface area (Å²) in [4.78, 5) is 4.46. The van der Waals surface area contributed by atoms with Crippen LogP contribution in [0.15, 0.2) is 55.8 Å². The van der Waals surface area contributed by atoms with Gasteiger partial charge in [-0.1, -0.05) is 43.0 Å². The van der Waals surface area contributed by atoms with Crippen molar-refractivity contribution in [2.45, 2.75) is 45.2 Å². The fourth-order valence-corrected chi connectivity index (χ4v) is 3.10. The molecule has 0 spiro atoms. The highest BCUT2D eigenvalue weighted by Crippen LogP contribution is 2.25. The summed E-state index contributed by atoms with van der Waals surface area (Å²) in [5, 5.41) is 3.68. The predicted octanol–water partition coefficient (Wildman–Crippen LogP) is 5.90. The molecule has 0 radical (unpaired) electrons. The summed E-state index contributed by atoms with van der Waals surface area (Å²) in [6.45, 7) is 11.7. The summed E-state index contributed by atoms with van der Waals surface area (Å²) in [6.07, 6.45) is 7.78. The van der Waals surface area contributed by atoms with Crippen molar-refractivity contribution in [2.24, 2.45) is 0 Å². The fourth-order valence-electron chi connectivity index (χ4n) is 3.10. The number of pyridine rings is 1. The summed E-state index contributed by atoms with van der Waals surface area (Å²) < 4.78 is 12.3. The summed E-state index contributed by atoms with van der Waals surface area (Å²) in [5.74, 6) is 0. The zero-order valence-corrected chi connectivity index (χ0v) is 15.8. The topological polar surface area (TPSA) is 24.9 Å². The van der Waals surface area contributed by atoms with Crippen molar-refractivity contribution in [1.82, 2.24) is 10.3 Å². The molecule has 0 amide bonds. The van der Waals surface area contributed by atoms with E-state index in [0.717, 1.165) is 23.2 Å². The molecule has 0 saturated heterocycles. The highest BCUT2D eigenvalue weighted by atomic mass is 19.1. The second kappa shape index (κ2) is 10.0. The van der Waals surface area contributed by atoms with Crippen molar-refractivity contribution < 1.29 is 4.39 Å². The van der Waals surface area contributed by atoms with Crippen molar-refractivity contribution in [1.29, 1.82) is 0 Å². The van der Waals surface area contributed by atoms with Gasteiger partial charge in [-0.15, -0.1) is 6.58 Å². The van der Waals surface area contributed by atoms with E-state index in [0.29, 0.717) is 12.8 Å². The highest BCUT2D eigenvalue weighted by molar-refractivity contribution is 5.52. The van der Waals surface area contributed by atoms with Gasteiger partial charge in [0.25, 0.3) is 0 Å². The van der Waals surface area contributed by atoms with E-state index >= 15 is 0 Å². The Hall–Kier alpha value is -2.26. The molecule has 1 N–H and O–H groups in total. The minimum absolute atomic E-state index is 0.155. The molecule has 2 rings (SSSR count). The number of aromatic nitrogens is 1. The fraction of sp³-hybridized carbons (Fsp3) is 0.348. The van der Waals surface area contributed by atoms with E-state index in [-0.39, 0.29) is 18.8 Å². The summed E-state index contributed by atoms with van der Waals surface area (Å²) in [7, 11) is 0. The molecule has 0 saturated carbocycles. The Kier molecular flexibility index (Phi) is 7.73. The lowest BCUT2D eigenvalue weighted by atomic mass is 9.97. The van der Waals surface area contributed by atoms with E-state index in [4.69, 9.17) is 0 Å². The summed E-state index contributed by atoms with van der Waals surface area (Å²) >= 11 is 0. The molecular weight excluding hydrogens is 323 g/mol. The van der Waals surface area contributed by atoms with Crippen LogP contribution >= 0.6 is 0 Å². The number of nitrogens with one attached hydrogen (secondary N) is 1. The van der Waals surface area contributed by atoms with Gasteiger partial charge in [0.1, 0.15) is 0 Å². The maximum Gasteiger partial charge on any atom is 0.0898 e. The second-order valence-corrected chi connectivity index (χ2v) is 6.66. The van der Waals surface area contributed by atoms with Crippen molar-refractivity contribution in [2.75, 3.05) is 6.67 Å². The first-order valence-corrected chi connectivity index (χ1v) is 9.19. The van der Waals surface area contributed by atoms with Crippen molar-refractivity contribution in [3.05, 3.63) is 83.7 Å². The summed E-state index contributed by atoms with van der Waals surface area (Å²) in [5.41, 5.74) is 5.69. The zero-order chi connectivity index (χ0) is 18.9. The zero-order valence-electron chi connectivity index (χ0n) is 15.8. The maximum absolute atomic E-state index is 12.3. The Balaban J connectivity index is 2.12. The molecule has 2 unspecified atom stereocenters. The largest absolute Gasteiger partial charge is 0.303 e. The number of alkyl halides is 1. The predicted molar refractivity (Wildman–Crippen MR) is 109 cm³/mol. The van der Waals surface area contributed by atoms with Crippen LogP contribution < -0.4 is 5.32 Å². The van der Waals surface area contributed by atoms with Crippen molar-refractivity contribution in [3.8, 4) is 0 Å². The minimum atomic E-state index is -0.297. The molecule has 2 nitrogen and oxygen atoms in total. The number of hydrogen-bond acceptors (Lipinski definition) is 2. The Morgan fingerprint density at radius 3 is 2.54 bits per heavy atom. The quantitative estimate of drug-likeness (QED) is 0.538. The first-order valence-electron chi connectivity index (χ1n) is 9.19. The van der Waals surface area contributed by atoms with Crippen LogP contribution in [0.2, 0.25) is 0 Å². The molecule has 1 aromatic carbocycles. The molecule has 0 aliphatic rings. The van der Waals surface area contributed by atoms with E-state index in [1.165, 1.54) is 11.1 Å². The normalized spacial score (nSPS) is 13.2. The van der Waals surface area contributed by atoms with Crippen LogP contribution in [0.1, 0.15) is 59.8 Å². The summed E-state index contributed by atoms with van der Waals surface area (Å²) in [6, 6.07) is 10.9. The molecule has 2 atom stereocenters. The van der Waals surface area contributed by atoms with Gasteiger partial charge in [-0.25, -0.2) is 0 Å². The molecular formula is C23H29FN2. The monoisotopic (exact) mass is 352 g/mol. The first kappa shape index (κ1) is 20.1. The third-order valence-corrected chi connectivity index (χ3v) is 4.68. The van der Waals surface area contributed by atoms with Gasteiger partial charge in [0, 0.05) is 24.0 Å². The third kappa shape index (κ3) is 5.37. The lowest BCUT2D eigenvalue weighted by molar-refractivity contribution is 0.466. The van der Waals surface area contributed by atoms with Gasteiger partial charge in [-0.3, -0.25) is 9.37 Å². The molecule has 2 aromatic rings. The van der Waals surface area contributed by atoms with Gasteiger partial charge >= 0.3 is 0 Å². The number of hydrogen-bond donors (Lipinski definition) is 1. The second-order valence-electron chi connectivity index (χ2n) is 6.66. The van der Waals surface area contributed by atoms with Crippen LogP contribution in [-0.2, 0) is 6.42 Å². The van der Waals surface area contributed by atoms with Gasteiger partial charge in [-0.05, 0) is 61.4 Å². The molecule has 0 aliphatic heterocycles. The van der Waals surface area contributed by atoms with E-state index in [1.54, 1.807) is 0 Å². The average molecular weight is 352 g/mol. The molecule has 0 fully saturated rings. The molecule has 1 aromatic heterocycles. The lowest BCUT2D eigenvalue weighted by Gasteiger charge is -2.24. The van der Waals surface area contributed by atoms with E-state index in [2.05, 4.69) is 61.6 Å². The molecule has 1 heterocycles. The van der Waals surface area contributed by atoms with Crippen LogP contribution in [-0.4, -0.2) is 11.7 Å². The number of aryl methyl sites for hydroxylation is 2. The number of halogens is 1. The molecule has 0 bridgehead atoms. The van der Waals surface area contributed by atoms with E-state index in [1.807, 2.05) is 24.4 Å². The minimum Gasteiger partial charge on any atom is -0.303 e. The standard InChI is InChI=1S/C23H29FN2/c1-5-8-23(20-11-10-19(6-2)17(3)15-20)26-18(4)21-12-13-22(25-16-21)9-7-14-24/h5-6,10-13,15-16,18,23,26H,1-2,7-9,14H2,3-4H3. The third-order valence-electron chi connectivity index (χ3n) is 4.68. The Bertz CT molecular complexity index is 721. The maximum atomic E-state index is 12.3. The van der Waals surface area contributed by atoms with E-state index < -0.39 is 0 Å². The van der Waals surface area contributed by atoms with Crippen LogP contribution in [0.3, 0.4) is 0 Å².